The fraction of sp³-hybridized carbons (Fsp3) is 0.227. The van der Waals surface area contributed by atoms with E-state index in [-0.39, 0.29) is 12.5 Å². The van der Waals surface area contributed by atoms with E-state index in [2.05, 4.69) is 10.3 Å². The van der Waals surface area contributed by atoms with Crippen LogP contribution in [0.25, 0.3) is 0 Å². The van der Waals surface area contributed by atoms with E-state index in [0.29, 0.717) is 23.1 Å². The highest BCUT2D eigenvalue weighted by Gasteiger charge is 2.49. The van der Waals surface area contributed by atoms with Crippen LogP contribution in [0.1, 0.15) is 28.8 Å². The molecule has 1 aliphatic heterocycles. The number of nitrogens with zero attached hydrogens (tertiary/aromatic N) is 2. The van der Waals surface area contributed by atoms with Gasteiger partial charge in [0.2, 0.25) is 0 Å². The molecule has 0 radical (unpaired) electrons. The molecule has 2 aromatic carbocycles. The van der Waals surface area contributed by atoms with Crippen LogP contribution in [0, 0.1) is 6.92 Å². The molecule has 3 amide bonds. The highest BCUT2D eigenvalue weighted by molar-refractivity contribution is 7.09. The maximum Gasteiger partial charge on any atom is 0.325 e. The van der Waals surface area contributed by atoms with Gasteiger partial charge in [0.05, 0.1) is 12.2 Å². The molecule has 30 heavy (non-hydrogen) atoms. The number of aryl methyl sites for hydroxylation is 1. The first kappa shape index (κ1) is 20.4. The molecule has 8 heteroatoms. The maximum absolute atomic E-state index is 13.1. The number of imide groups is 1. The van der Waals surface area contributed by atoms with Crippen molar-refractivity contribution in [3.05, 3.63) is 80.8 Å². The van der Waals surface area contributed by atoms with Gasteiger partial charge in [0.15, 0.2) is 0 Å². The number of aromatic nitrogens is 1. The van der Waals surface area contributed by atoms with Crippen LogP contribution in [0.2, 0.25) is 5.02 Å². The van der Waals surface area contributed by atoms with Gasteiger partial charge in [0.1, 0.15) is 22.9 Å². The molecule has 0 saturated carbocycles. The van der Waals surface area contributed by atoms with Crippen molar-refractivity contribution >= 4 is 34.9 Å². The number of urea groups is 1. The van der Waals surface area contributed by atoms with Crippen LogP contribution in [-0.4, -0.2) is 21.8 Å². The molecule has 1 atom stereocenters. The summed E-state index contributed by atoms with van der Waals surface area (Å²) in [6.07, 6.45) is 0. The van der Waals surface area contributed by atoms with E-state index in [9.17, 15) is 9.59 Å². The van der Waals surface area contributed by atoms with Gasteiger partial charge in [-0.1, -0.05) is 35.9 Å². The second kappa shape index (κ2) is 8.08. The van der Waals surface area contributed by atoms with Crippen molar-refractivity contribution in [1.82, 2.24) is 15.2 Å². The summed E-state index contributed by atoms with van der Waals surface area (Å²) in [6, 6.07) is 14.2. The van der Waals surface area contributed by atoms with E-state index in [1.807, 2.05) is 36.6 Å². The van der Waals surface area contributed by atoms with Crippen molar-refractivity contribution < 1.29 is 14.3 Å². The smallest absolute Gasteiger partial charge is 0.325 e. The van der Waals surface area contributed by atoms with Crippen LogP contribution < -0.4 is 10.1 Å². The van der Waals surface area contributed by atoms with Crippen LogP contribution in [0.4, 0.5) is 4.79 Å². The van der Waals surface area contributed by atoms with Crippen LogP contribution in [-0.2, 0) is 23.5 Å². The summed E-state index contributed by atoms with van der Waals surface area (Å²) in [6.45, 7) is 4.08. The molecule has 1 saturated heterocycles. The van der Waals surface area contributed by atoms with Crippen molar-refractivity contribution in [3.63, 3.8) is 0 Å². The molecule has 4 rings (SSSR count). The summed E-state index contributed by atoms with van der Waals surface area (Å²) in [7, 11) is 0. The van der Waals surface area contributed by atoms with Crippen LogP contribution in [0.3, 0.4) is 0 Å². The summed E-state index contributed by atoms with van der Waals surface area (Å²) >= 11 is 7.30. The number of amides is 3. The van der Waals surface area contributed by atoms with Crippen molar-refractivity contribution in [3.8, 4) is 5.75 Å². The third kappa shape index (κ3) is 3.91. The topological polar surface area (TPSA) is 71.5 Å². The van der Waals surface area contributed by atoms with Gasteiger partial charge in [-0.15, -0.1) is 11.3 Å². The summed E-state index contributed by atoms with van der Waals surface area (Å²) < 4.78 is 5.71. The normalized spacial score (nSPS) is 18.6. The zero-order chi connectivity index (χ0) is 21.3. The van der Waals surface area contributed by atoms with E-state index in [1.54, 1.807) is 31.2 Å². The van der Waals surface area contributed by atoms with Crippen molar-refractivity contribution in [2.75, 3.05) is 0 Å². The van der Waals surface area contributed by atoms with E-state index >= 15 is 0 Å². The molecule has 1 aromatic heterocycles. The zero-order valence-electron chi connectivity index (χ0n) is 16.5. The highest BCUT2D eigenvalue weighted by Crippen LogP contribution is 2.32. The standard InChI is InChI=1S/C22H20ClN3O3S/c1-14-5-3-4-6-18(14)22(2)20(27)26(21(28)25-22)11-16-13-30-19(24-16)12-29-17-9-7-15(23)8-10-17/h3-10,13H,11-12H2,1-2H3,(H,25,28). The Morgan fingerprint density at radius 2 is 1.90 bits per heavy atom. The Kier molecular flexibility index (Phi) is 5.49. The number of halogens is 1. The third-order valence-corrected chi connectivity index (χ3v) is 6.18. The molecule has 3 aromatic rings. The van der Waals surface area contributed by atoms with Crippen LogP contribution in [0.5, 0.6) is 5.75 Å². The summed E-state index contributed by atoms with van der Waals surface area (Å²) in [4.78, 5) is 31.4. The molecular formula is C22H20ClN3O3S. The molecule has 0 aliphatic carbocycles. The van der Waals surface area contributed by atoms with Crippen LogP contribution >= 0.6 is 22.9 Å². The number of hydrogen-bond donors (Lipinski definition) is 1. The van der Waals surface area contributed by atoms with E-state index in [1.165, 1.54) is 16.2 Å². The van der Waals surface area contributed by atoms with Gasteiger partial charge in [-0.05, 0) is 49.2 Å². The summed E-state index contributed by atoms with van der Waals surface area (Å²) in [5.74, 6) is 0.410. The molecule has 1 unspecified atom stereocenters. The minimum atomic E-state index is -1.08. The van der Waals surface area contributed by atoms with Crippen LogP contribution in [0.15, 0.2) is 53.9 Å². The average molecular weight is 442 g/mol. The lowest BCUT2D eigenvalue weighted by Crippen LogP contribution is -2.41. The number of nitrogens with one attached hydrogen (secondary N) is 1. The van der Waals surface area contributed by atoms with E-state index in [4.69, 9.17) is 16.3 Å². The Morgan fingerprint density at radius 1 is 1.17 bits per heavy atom. The first-order chi connectivity index (χ1) is 14.4. The fourth-order valence-electron chi connectivity index (χ4n) is 3.48. The molecular weight excluding hydrogens is 422 g/mol. The van der Waals surface area contributed by atoms with Gasteiger partial charge in [-0.2, -0.15) is 0 Å². The van der Waals surface area contributed by atoms with Gasteiger partial charge in [-0.25, -0.2) is 9.78 Å². The molecule has 6 nitrogen and oxygen atoms in total. The zero-order valence-corrected chi connectivity index (χ0v) is 18.1. The average Bonchev–Trinajstić information content (AvgIpc) is 3.26. The fourth-order valence-corrected chi connectivity index (χ4v) is 4.30. The Bertz CT molecular complexity index is 1100. The number of ether oxygens (including phenoxy) is 1. The monoisotopic (exact) mass is 441 g/mol. The Balaban J connectivity index is 1.44. The third-order valence-electron chi connectivity index (χ3n) is 5.05. The Morgan fingerprint density at radius 3 is 2.63 bits per heavy atom. The summed E-state index contributed by atoms with van der Waals surface area (Å²) in [5.41, 5.74) is 1.30. The molecule has 2 heterocycles. The Hall–Kier alpha value is -2.90. The second-order valence-corrected chi connectivity index (χ2v) is 8.62. The quantitative estimate of drug-likeness (QED) is 0.565. The van der Waals surface area contributed by atoms with Gasteiger partial charge in [0.25, 0.3) is 5.91 Å². The largest absolute Gasteiger partial charge is 0.486 e. The minimum absolute atomic E-state index is 0.115. The van der Waals surface area contributed by atoms with Gasteiger partial charge >= 0.3 is 6.03 Å². The number of carbonyl (C=O) groups excluding carboxylic acids is 2. The minimum Gasteiger partial charge on any atom is -0.486 e. The predicted octanol–water partition coefficient (Wildman–Crippen LogP) is 4.65. The lowest BCUT2D eigenvalue weighted by molar-refractivity contribution is -0.131. The number of rotatable bonds is 6. The SMILES string of the molecule is Cc1ccccc1C1(C)NC(=O)N(Cc2csc(COc3ccc(Cl)cc3)n2)C1=O. The van der Waals surface area contributed by atoms with E-state index < -0.39 is 11.6 Å². The van der Waals surface area contributed by atoms with Crippen molar-refractivity contribution in [2.24, 2.45) is 0 Å². The molecule has 0 bridgehead atoms. The first-order valence-electron chi connectivity index (χ1n) is 9.39. The number of carbonyl (C=O) groups is 2. The molecule has 1 fully saturated rings. The van der Waals surface area contributed by atoms with Gasteiger partial charge in [0, 0.05) is 10.4 Å². The number of benzene rings is 2. The maximum atomic E-state index is 13.1. The Labute approximate surface area is 183 Å². The summed E-state index contributed by atoms with van der Waals surface area (Å²) in [5, 5.41) is 6.08. The van der Waals surface area contributed by atoms with Gasteiger partial charge in [-0.3, -0.25) is 9.69 Å². The number of thiazole rings is 1. The highest BCUT2D eigenvalue weighted by atomic mass is 35.5. The van der Waals surface area contributed by atoms with Crippen molar-refractivity contribution in [2.45, 2.75) is 32.5 Å². The first-order valence-corrected chi connectivity index (χ1v) is 10.6. The molecule has 1 aliphatic rings. The molecule has 0 spiro atoms. The number of hydrogen-bond acceptors (Lipinski definition) is 5. The second-order valence-electron chi connectivity index (χ2n) is 7.24. The lowest BCUT2D eigenvalue weighted by atomic mass is 9.88. The van der Waals surface area contributed by atoms with Gasteiger partial charge < -0.3 is 10.1 Å². The lowest BCUT2D eigenvalue weighted by Gasteiger charge is -2.24. The molecule has 154 valence electrons. The molecule has 1 N–H and O–H groups in total. The van der Waals surface area contributed by atoms with Crippen molar-refractivity contribution in [1.29, 1.82) is 0 Å². The predicted molar refractivity (Wildman–Crippen MR) is 116 cm³/mol. The van der Waals surface area contributed by atoms with E-state index in [0.717, 1.165) is 16.1 Å².